The Bertz CT molecular complexity index is 687. The number of hydrogen-bond acceptors (Lipinski definition) is 5. The molecule has 0 unspecified atom stereocenters. The minimum atomic E-state index is -4.55. The highest BCUT2D eigenvalue weighted by molar-refractivity contribution is 7.98. The van der Waals surface area contributed by atoms with Gasteiger partial charge in [0.2, 0.25) is 0 Å². The zero-order valence-corrected chi connectivity index (χ0v) is 12.5. The first-order valence-electron chi connectivity index (χ1n) is 6.04. The molecule has 0 fully saturated rings. The van der Waals surface area contributed by atoms with Gasteiger partial charge in [0, 0.05) is 5.56 Å². The number of hydrogen-bond donors (Lipinski definition) is 0. The highest BCUT2D eigenvalue weighted by Gasteiger charge is 2.33. The summed E-state index contributed by atoms with van der Waals surface area (Å²) < 4.78 is 43.1. The van der Waals surface area contributed by atoms with Crippen LogP contribution in [0.2, 0.25) is 0 Å². The minimum absolute atomic E-state index is 0.0295. The lowest BCUT2D eigenvalue weighted by Gasteiger charge is -2.10. The Labute approximate surface area is 128 Å². The molecule has 0 atom stereocenters. The van der Waals surface area contributed by atoms with Crippen molar-refractivity contribution >= 4 is 17.7 Å². The summed E-state index contributed by atoms with van der Waals surface area (Å²) in [5.74, 6) is -0.518. The first-order chi connectivity index (χ1) is 10.3. The number of halogens is 3. The van der Waals surface area contributed by atoms with Crippen LogP contribution in [-0.4, -0.2) is 29.3 Å². The topological polar surface area (TPSA) is 52.1 Å². The zero-order valence-electron chi connectivity index (χ0n) is 11.6. The van der Waals surface area contributed by atoms with Crippen molar-refractivity contribution in [3.63, 3.8) is 0 Å². The molecule has 1 heterocycles. The highest BCUT2D eigenvalue weighted by Crippen LogP contribution is 2.31. The van der Waals surface area contributed by atoms with Gasteiger partial charge in [-0.15, -0.1) is 0 Å². The lowest BCUT2D eigenvalue weighted by molar-refractivity contribution is -0.141. The van der Waals surface area contributed by atoms with Crippen LogP contribution in [-0.2, 0) is 10.9 Å². The molecule has 0 bridgehead atoms. The molecule has 0 saturated heterocycles. The molecule has 2 rings (SSSR count). The third-order valence-corrected chi connectivity index (χ3v) is 3.33. The highest BCUT2D eigenvalue weighted by atomic mass is 32.2. The van der Waals surface area contributed by atoms with E-state index in [1.165, 1.54) is 31.4 Å². The van der Waals surface area contributed by atoms with Crippen molar-refractivity contribution in [1.82, 2.24) is 9.97 Å². The summed E-state index contributed by atoms with van der Waals surface area (Å²) in [6, 6.07) is 6.84. The molecule has 0 aliphatic rings. The lowest BCUT2D eigenvalue weighted by Crippen LogP contribution is -2.10. The van der Waals surface area contributed by atoms with Crippen LogP contribution in [0.1, 0.15) is 16.1 Å². The van der Waals surface area contributed by atoms with Gasteiger partial charge in [0.1, 0.15) is 5.69 Å². The number of benzene rings is 1. The number of rotatable bonds is 3. The molecule has 22 heavy (non-hydrogen) atoms. The van der Waals surface area contributed by atoms with Crippen molar-refractivity contribution < 1.29 is 22.7 Å². The standard InChI is InChI=1S/C14H11F3N2O2S/c1-21-12(20)9-5-3-8(4-6-9)10-7-11(14(15,16)17)19-13(18-10)22-2/h3-7H,1-2H3. The second-order valence-corrected chi connectivity index (χ2v) is 4.97. The number of carbonyl (C=O) groups is 1. The van der Waals surface area contributed by atoms with Crippen LogP contribution in [0.4, 0.5) is 13.2 Å². The first-order valence-corrected chi connectivity index (χ1v) is 7.26. The number of alkyl halides is 3. The minimum Gasteiger partial charge on any atom is -0.465 e. The van der Waals surface area contributed by atoms with Gasteiger partial charge >= 0.3 is 12.1 Å². The van der Waals surface area contributed by atoms with Crippen molar-refractivity contribution in [2.45, 2.75) is 11.3 Å². The predicted molar refractivity (Wildman–Crippen MR) is 75.6 cm³/mol. The Morgan fingerprint density at radius 3 is 2.32 bits per heavy atom. The average Bonchev–Trinajstić information content (AvgIpc) is 2.53. The number of thioether (sulfide) groups is 1. The molecule has 4 nitrogen and oxygen atoms in total. The molecule has 0 saturated carbocycles. The number of methoxy groups -OCH3 is 1. The lowest BCUT2D eigenvalue weighted by atomic mass is 10.1. The van der Waals surface area contributed by atoms with Gasteiger partial charge in [0.15, 0.2) is 5.16 Å². The van der Waals surface area contributed by atoms with Crippen LogP contribution in [0, 0.1) is 0 Å². The van der Waals surface area contributed by atoms with E-state index >= 15 is 0 Å². The zero-order chi connectivity index (χ0) is 16.3. The molecular formula is C14H11F3N2O2S. The monoisotopic (exact) mass is 328 g/mol. The second-order valence-electron chi connectivity index (χ2n) is 4.19. The SMILES string of the molecule is COC(=O)c1ccc(-c2cc(C(F)(F)F)nc(SC)n2)cc1. The second kappa shape index (κ2) is 6.35. The van der Waals surface area contributed by atoms with Crippen LogP contribution < -0.4 is 0 Å². The fourth-order valence-electron chi connectivity index (χ4n) is 1.70. The molecule has 0 aliphatic carbocycles. The molecule has 1 aromatic heterocycles. The van der Waals surface area contributed by atoms with E-state index in [1.807, 2.05) is 0 Å². The van der Waals surface area contributed by atoms with Crippen LogP contribution in [0.5, 0.6) is 0 Å². The third kappa shape index (κ3) is 3.56. The van der Waals surface area contributed by atoms with Gasteiger partial charge in [-0.3, -0.25) is 0 Å². The number of esters is 1. The summed E-state index contributed by atoms with van der Waals surface area (Å²) in [7, 11) is 1.25. The van der Waals surface area contributed by atoms with Gasteiger partial charge in [-0.25, -0.2) is 14.8 Å². The van der Waals surface area contributed by atoms with Gasteiger partial charge in [-0.2, -0.15) is 13.2 Å². The van der Waals surface area contributed by atoms with E-state index in [4.69, 9.17) is 0 Å². The number of carbonyl (C=O) groups excluding carboxylic acids is 1. The largest absolute Gasteiger partial charge is 0.465 e. The van der Waals surface area contributed by atoms with Crippen LogP contribution in [0.3, 0.4) is 0 Å². The maximum atomic E-state index is 12.9. The van der Waals surface area contributed by atoms with E-state index in [1.54, 1.807) is 6.26 Å². The Kier molecular flexibility index (Phi) is 4.70. The summed E-state index contributed by atoms with van der Waals surface area (Å²) in [6.45, 7) is 0. The number of aromatic nitrogens is 2. The van der Waals surface area contributed by atoms with Crippen LogP contribution >= 0.6 is 11.8 Å². The van der Waals surface area contributed by atoms with E-state index in [0.717, 1.165) is 17.8 Å². The molecule has 1 aromatic carbocycles. The van der Waals surface area contributed by atoms with Crippen molar-refractivity contribution in [2.24, 2.45) is 0 Å². The van der Waals surface area contributed by atoms with Crippen molar-refractivity contribution in [1.29, 1.82) is 0 Å². The van der Waals surface area contributed by atoms with Gasteiger partial charge in [-0.1, -0.05) is 23.9 Å². The fourth-order valence-corrected chi connectivity index (χ4v) is 2.08. The first kappa shape index (κ1) is 16.3. The Balaban J connectivity index is 2.45. The molecule has 0 spiro atoms. The van der Waals surface area contributed by atoms with Crippen molar-refractivity contribution in [2.75, 3.05) is 13.4 Å². The average molecular weight is 328 g/mol. The van der Waals surface area contributed by atoms with Gasteiger partial charge in [0.05, 0.1) is 18.4 Å². The van der Waals surface area contributed by atoms with Crippen LogP contribution in [0.15, 0.2) is 35.5 Å². The number of nitrogens with zero attached hydrogens (tertiary/aromatic N) is 2. The van der Waals surface area contributed by atoms with Crippen molar-refractivity contribution in [3.8, 4) is 11.3 Å². The summed E-state index contributed by atoms with van der Waals surface area (Å²) in [5.41, 5.74) is -0.0979. The van der Waals surface area contributed by atoms with E-state index in [-0.39, 0.29) is 10.9 Å². The maximum absolute atomic E-state index is 12.9. The molecule has 0 N–H and O–H groups in total. The van der Waals surface area contributed by atoms with E-state index in [2.05, 4.69) is 14.7 Å². The Hall–Kier alpha value is -2.09. The van der Waals surface area contributed by atoms with E-state index < -0.39 is 17.8 Å². The molecule has 2 aromatic rings. The van der Waals surface area contributed by atoms with E-state index in [9.17, 15) is 18.0 Å². The predicted octanol–water partition coefficient (Wildman–Crippen LogP) is 3.67. The van der Waals surface area contributed by atoms with Crippen LogP contribution in [0.25, 0.3) is 11.3 Å². The van der Waals surface area contributed by atoms with E-state index in [0.29, 0.717) is 11.1 Å². The van der Waals surface area contributed by atoms with Crippen molar-refractivity contribution in [3.05, 3.63) is 41.6 Å². The summed E-state index contributed by atoms with van der Waals surface area (Å²) >= 11 is 1.02. The Morgan fingerprint density at radius 2 is 1.82 bits per heavy atom. The third-order valence-electron chi connectivity index (χ3n) is 2.78. The van der Waals surface area contributed by atoms with Gasteiger partial charge < -0.3 is 4.74 Å². The maximum Gasteiger partial charge on any atom is 0.433 e. The molecule has 0 radical (unpaired) electrons. The Morgan fingerprint density at radius 1 is 1.18 bits per heavy atom. The molecule has 0 aliphatic heterocycles. The number of ether oxygens (including phenoxy) is 1. The van der Waals surface area contributed by atoms with Gasteiger partial charge in [0.25, 0.3) is 0 Å². The fraction of sp³-hybridized carbons (Fsp3) is 0.214. The summed E-state index contributed by atoms with van der Waals surface area (Å²) in [4.78, 5) is 18.9. The molecule has 116 valence electrons. The summed E-state index contributed by atoms with van der Waals surface area (Å²) in [6.07, 6.45) is -2.95. The molecular weight excluding hydrogens is 317 g/mol. The summed E-state index contributed by atoms with van der Waals surface area (Å²) in [5, 5.41) is 0.0295. The molecule has 8 heteroatoms. The quantitative estimate of drug-likeness (QED) is 0.489. The normalized spacial score (nSPS) is 11.3. The molecule has 0 amide bonds. The smallest absolute Gasteiger partial charge is 0.433 e. The van der Waals surface area contributed by atoms with Gasteiger partial charge in [-0.05, 0) is 24.5 Å².